The normalized spacial score (nSPS) is 80.0. The van der Waals surface area contributed by atoms with Crippen molar-refractivity contribution in [3.05, 3.63) is 0 Å². The Labute approximate surface area is 110 Å². The Kier molecular flexibility index (Phi) is 1.18. The lowest BCUT2D eigenvalue weighted by molar-refractivity contribution is -0.347. The molecule has 0 aromatic heterocycles. The highest BCUT2D eigenvalue weighted by atomic mass is 14.8. The van der Waals surface area contributed by atoms with Crippen LogP contribution in [0, 0.1) is 64.6 Å². The Morgan fingerprint density at radius 3 is 1.39 bits per heavy atom. The van der Waals surface area contributed by atoms with Gasteiger partial charge in [0.05, 0.1) is 0 Å². The van der Waals surface area contributed by atoms with E-state index in [0.29, 0.717) is 0 Å². The van der Waals surface area contributed by atoms with Gasteiger partial charge in [0.2, 0.25) is 0 Å². The SMILES string of the molecule is C1C2CC3C4CC5[C@H]6CC7C[C@H]5C3C(C2)(C7)C6C14. The summed E-state index contributed by atoms with van der Waals surface area (Å²) in [6.07, 6.45) is 11.8. The van der Waals surface area contributed by atoms with E-state index < -0.39 is 0 Å². The molecule has 0 radical (unpaired) electrons. The molecule has 0 aliphatic heterocycles. The summed E-state index contributed by atoms with van der Waals surface area (Å²) in [5, 5.41) is 0. The quantitative estimate of drug-likeness (QED) is 0.601. The minimum atomic E-state index is 0.945. The van der Waals surface area contributed by atoms with Crippen molar-refractivity contribution in [2.75, 3.05) is 0 Å². The molecule has 10 aliphatic carbocycles. The summed E-state index contributed by atoms with van der Waals surface area (Å²) in [6, 6.07) is 0. The third-order valence-corrected chi connectivity index (χ3v) is 9.68. The Hall–Kier alpha value is 0. The molecular weight excluding hydrogens is 216 g/mol. The second-order valence-electron chi connectivity index (χ2n) is 9.59. The fraction of sp³-hybridized carbons (Fsp3) is 1.00. The molecule has 10 aliphatic rings. The molecule has 96 valence electrons. The van der Waals surface area contributed by atoms with Gasteiger partial charge in [-0.25, -0.2) is 0 Å². The lowest BCUT2D eigenvalue weighted by atomic mass is 9.22. The molecule has 10 rings (SSSR count). The molecule has 6 atom stereocenters. The van der Waals surface area contributed by atoms with Gasteiger partial charge in [0.15, 0.2) is 0 Å². The van der Waals surface area contributed by atoms with Gasteiger partial charge in [-0.1, -0.05) is 0 Å². The highest BCUT2D eigenvalue weighted by Crippen LogP contribution is 2.84. The Morgan fingerprint density at radius 1 is 0.500 bits per heavy atom. The van der Waals surface area contributed by atoms with Gasteiger partial charge >= 0.3 is 0 Å². The van der Waals surface area contributed by atoms with Gasteiger partial charge in [0.1, 0.15) is 0 Å². The molecule has 0 aromatic rings. The predicted molar refractivity (Wildman–Crippen MR) is 69.7 cm³/mol. The minimum absolute atomic E-state index is 0.945. The average Bonchev–Trinajstić information content (AvgIpc) is 2.36. The van der Waals surface area contributed by atoms with Crippen LogP contribution in [-0.2, 0) is 0 Å². The van der Waals surface area contributed by atoms with Crippen molar-refractivity contribution in [3.8, 4) is 0 Å². The van der Waals surface area contributed by atoms with Crippen LogP contribution < -0.4 is 0 Å². The van der Waals surface area contributed by atoms with Crippen molar-refractivity contribution in [3.63, 3.8) is 0 Å². The van der Waals surface area contributed by atoms with Crippen molar-refractivity contribution in [2.45, 2.75) is 44.9 Å². The van der Waals surface area contributed by atoms with Gasteiger partial charge in [-0.3, -0.25) is 0 Å². The van der Waals surface area contributed by atoms with E-state index in [1.807, 2.05) is 0 Å². The number of rotatable bonds is 0. The minimum Gasteiger partial charge on any atom is -0.0470 e. The number of hydrogen-bond donors (Lipinski definition) is 0. The Balaban J connectivity index is 1.56. The van der Waals surface area contributed by atoms with Crippen molar-refractivity contribution < 1.29 is 0 Å². The third kappa shape index (κ3) is 0.657. The van der Waals surface area contributed by atoms with Crippen molar-refractivity contribution >= 4 is 0 Å². The molecule has 4 unspecified atom stereocenters. The van der Waals surface area contributed by atoms with Crippen LogP contribution in [0.5, 0.6) is 0 Å². The molecule has 11 bridgehead atoms. The second kappa shape index (κ2) is 2.35. The van der Waals surface area contributed by atoms with Crippen LogP contribution in [0.1, 0.15) is 44.9 Å². The smallest absolute Gasteiger partial charge is 0.0225 e. The maximum absolute atomic E-state index is 1.71. The zero-order chi connectivity index (χ0) is 11.2. The zero-order valence-electron chi connectivity index (χ0n) is 11.2. The monoisotopic (exact) mass is 240 g/mol. The lowest BCUT2D eigenvalue weighted by Crippen LogP contribution is -2.77. The van der Waals surface area contributed by atoms with Crippen molar-refractivity contribution in [1.29, 1.82) is 0 Å². The van der Waals surface area contributed by atoms with E-state index in [-0.39, 0.29) is 0 Å². The van der Waals surface area contributed by atoms with Crippen LogP contribution in [0.25, 0.3) is 0 Å². The van der Waals surface area contributed by atoms with Crippen LogP contribution in [0.4, 0.5) is 0 Å². The van der Waals surface area contributed by atoms with E-state index >= 15 is 0 Å². The summed E-state index contributed by atoms with van der Waals surface area (Å²) in [5.41, 5.74) is 0.945. The van der Waals surface area contributed by atoms with Gasteiger partial charge in [0.25, 0.3) is 0 Å². The van der Waals surface area contributed by atoms with E-state index in [2.05, 4.69) is 0 Å². The zero-order valence-corrected chi connectivity index (χ0v) is 11.2. The topological polar surface area (TPSA) is 0 Å². The first kappa shape index (κ1) is 9.03. The molecule has 0 heterocycles. The van der Waals surface area contributed by atoms with E-state index in [9.17, 15) is 0 Å². The summed E-state index contributed by atoms with van der Waals surface area (Å²) in [6.45, 7) is 0. The fourth-order valence-corrected chi connectivity index (χ4v) is 10.3. The van der Waals surface area contributed by atoms with E-state index in [1.165, 1.54) is 59.2 Å². The van der Waals surface area contributed by atoms with Gasteiger partial charge in [0, 0.05) is 0 Å². The van der Waals surface area contributed by atoms with Crippen LogP contribution in [-0.4, -0.2) is 0 Å². The molecule has 10 fully saturated rings. The second-order valence-corrected chi connectivity index (χ2v) is 9.59. The molecule has 0 saturated heterocycles. The van der Waals surface area contributed by atoms with E-state index in [0.717, 1.165) is 5.41 Å². The molecular formula is C18H24. The molecule has 10 saturated carbocycles. The Bertz CT molecular complexity index is 395. The van der Waals surface area contributed by atoms with Gasteiger partial charge in [-0.15, -0.1) is 0 Å². The van der Waals surface area contributed by atoms with E-state index in [1.54, 1.807) is 44.9 Å². The maximum atomic E-state index is 1.71. The molecule has 0 aromatic carbocycles. The van der Waals surface area contributed by atoms with Gasteiger partial charge < -0.3 is 0 Å². The fourth-order valence-electron chi connectivity index (χ4n) is 10.3. The van der Waals surface area contributed by atoms with Crippen LogP contribution >= 0.6 is 0 Å². The van der Waals surface area contributed by atoms with Crippen LogP contribution in [0.15, 0.2) is 0 Å². The third-order valence-electron chi connectivity index (χ3n) is 9.68. The highest BCUT2D eigenvalue weighted by Gasteiger charge is 2.77. The number of hydrogen-bond acceptors (Lipinski definition) is 0. The molecule has 0 heteroatoms. The first-order chi connectivity index (χ1) is 8.85. The summed E-state index contributed by atoms with van der Waals surface area (Å²) < 4.78 is 0. The van der Waals surface area contributed by atoms with Crippen LogP contribution in [0.3, 0.4) is 0 Å². The molecule has 0 nitrogen and oxygen atoms in total. The summed E-state index contributed by atoms with van der Waals surface area (Å²) >= 11 is 0. The largest absolute Gasteiger partial charge is 0.0470 e. The lowest BCUT2D eigenvalue weighted by Gasteiger charge is -2.83. The molecule has 0 N–H and O–H groups in total. The molecule has 0 amide bonds. The standard InChI is InChI=1S/C18H24/c1-8-2-13-10-5-11-14-3-9-4-15(11)17(13)18(6-8,7-9)16(14)12(1)10/h8-17H,1-7H2/t8?,9?,10?,11?,12-,13-,14?,15?,16?,17?,18?/m1/s1. The Morgan fingerprint density at radius 2 is 0.944 bits per heavy atom. The summed E-state index contributed by atoms with van der Waals surface area (Å²) in [7, 11) is 0. The summed E-state index contributed by atoms with van der Waals surface area (Å²) in [5.74, 6) is 12.3. The first-order valence-electron chi connectivity index (χ1n) is 8.85. The van der Waals surface area contributed by atoms with Crippen molar-refractivity contribution in [1.82, 2.24) is 0 Å². The summed E-state index contributed by atoms with van der Waals surface area (Å²) in [4.78, 5) is 0. The van der Waals surface area contributed by atoms with E-state index in [4.69, 9.17) is 0 Å². The van der Waals surface area contributed by atoms with Crippen LogP contribution in [0.2, 0.25) is 0 Å². The highest BCUT2D eigenvalue weighted by molar-refractivity contribution is 5.26. The van der Waals surface area contributed by atoms with Gasteiger partial charge in [-0.05, 0) is 110 Å². The molecule has 1 spiro atoms. The average molecular weight is 240 g/mol. The van der Waals surface area contributed by atoms with Crippen molar-refractivity contribution in [2.24, 2.45) is 64.6 Å². The molecule has 18 heavy (non-hydrogen) atoms. The predicted octanol–water partition coefficient (Wildman–Crippen LogP) is 3.96. The maximum Gasteiger partial charge on any atom is -0.0225 e. The first-order valence-corrected chi connectivity index (χ1v) is 8.85. The van der Waals surface area contributed by atoms with Gasteiger partial charge in [-0.2, -0.15) is 0 Å².